The lowest BCUT2D eigenvalue weighted by atomic mass is 9.96. The molecule has 0 saturated carbocycles. The maximum absolute atomic E-state index is 11.1. The first-order valence-corrected chi connectivity index (χ1v) is 7.30. The lowest BCUT2D eigenvalue weighted by Crippen LogP contribution is -2.38. The number of carbonyl (C=O) groups is 1. The van der Waals surface area contributed by atoms with Gasteiger partial charge in [-0.05, 0) is 37.5 Å². The van der Waals surface area contributed by atoms with Gasteiger partial charge in [-0.1, -0.05) is 22.0 Å². The van der Waals surface area contributed by atoms with Gasteiger partial charge in [0.1, 0.15) is 0 Å². The molecule has 104 valence electrons. The van der Waals surface area contributed by atoms with Gasteiger partial charge in [0.15, 0.2) is 0 Å². The summed E-state index contributed by atoms with van der Waals surface area (Å²) in [5.41, 5.74) is 7.33. The third-order valence-corrected chi connectivity index (χ3v) is 4.38. The number of rotatable bonds is 3. The Balaban J connectivity index is 2.08. The molecule has 19 heavy (non-hydrogen) atoms. The van der Waals surface area contributed by atoms with Gasteiger partial charge in [-0.25, -0.2) is 0 Å². The zero-order valence-corrected chi connectivity index (χ0v) is 12.6. The molecule has 1 fully saturated rings. The van der Waals surface area contributed by atoms with Crippen molar-refractivity contribution in [2.45, 2.75) is 25.9 Å². The Morgan fingerprint density at radius 3 is 2.58 bits per heavy atom. The number of aliphatic hydroxyl groups excluding tert-OH is 1. The molecule has 1 heterocycles. The molecule has 0 bridgehead atoms. The van der Waals surface area contributed by atoms with Crippen LogP contribution in [-0.4, -0.2) is 24.1 Å². The molecule has 0 spiro atoms. The van der Waals surface area contributed by atoms with Crippen LogP contribution in [0.4, 0.5) is 5.69 Å². The van der Waals surface area contributed by atoms with E-state index in [1.165, 1.54) is 0 Å². The van der Waals surface area contributed by atoms with Crippen molar-refractivity contribution in [2.24, 2.45) is 11.7 Å². The van der Waals surface area contributed by atoms with Crippen LogP contribution in [0.2, 0.25) is 0 Å². The van der Waals surface area contributed by atoms with Crippen LogP contribution < -0.4 is 10.6 Å². The van der Waals surface area contributed by atoms with Crippen molar-refractivity contribution < 1.29 is 9.90 Å². The van der Waals surface area contributed by atoms with Crippen LogP contribution in [0.5, 0.6) is 0 Å². The predicted octanol–water partition coefficient (Wildman–Crippen LogP) is 2.20. The first kappa shape index (κ1) is 14.3. The fourth-order valence-electron chi connectivity index (χ4n) is 2.47. The van der Waals surface area contributed by atoms with Gasteiger partial charge in [-0.15, -0.1) is 0 Å². The third kappa shape index (κ3) is 3.28. The van der Waals surface area contributed by atoms with Gasteiger partial charge in [0, 0.05) is 29.2 Å². The summed E-state index contributed by atoms with van der Waals surface area (Å²) in [6.45, 7) is 3.43. The van der Waals surface area contributed by atoms with E-state index in [0.29, 0.717) is 0 Å². The largest absolute Gasteiger partial charge is 0.389 e. The molecular weight excluding hydrogens is 308 g/mol. The number of piperidine rings is 1. The zero-order chi connectivity index (χ0) is 14.0. The summed E-state index contributed by atoms with van der Waals surface area (Å²) < 4.78 is 0.914. The number of nitrogens with two attached hydrogens (primary N) is 1. The smallest absolute Gasteiger partial charge is 0.220 e. The van der Waals surface area contributed by atoms with Gasteiger partial charge >= 0.3 is 0 Å². The summed E-state index contributed by atoms with van der Waals surface area (Å²) in [5, 5.41) is 9.61. The molecule has 0 aliphatic carbocycles. The molecule has 1 aliphatic rings. The highest BCUT2D eigenvalue weighted by atomic mass is 79.9. The van der Waals surface area contributed by atoms with Crippen molar-refractivity contribution in [3.8, 4) is 0 Å². The number of anilines is 1. The van der Waals surface area contributed by atoms with Crippen molar-refractivity contribution in [3.63, 3.8) is 0 Å². The first-order valence-electron chi connectivity index (χ1n) is 6.51. The van der Waals surface area contributed by atoms with E-state index in [0.717, 1.165) is 41.7 Å². The summed E-state index contributed by atoms with van der Waals surface area (Å²) in [7, 11) is 0. The number of aliphatic hydroxyl groups is 1. The van der Waals surface area contributed by atoms with E-state index in [9.17, 15) is 9.90 Å². The summed E-state index contributed by atoms with van der Waals surface area (Å²) in [6.07, 6.45) is 1.14. The Bertz CT molecular complexity index is 469. The molecule has 3 N–H and O–H groups in total. The fraction of sp³-hybridized carbons (Fsp3) is 0.500. The van der Waals surface area contributed by atoms with Crippen LogP contribution in [-0.2, 0) is 4.79 Å². The molecule has 1 aliphatic heterocycles. The van der Waals surface area contributed by atoms with E-state index in [1.54, 1.807) is 6.92 Å². The number of benzene rings is 1. The van der Waals surface area contributed by atoms with E-state index >= 15 is 0 Å². The molecule has 1 aromatic carbocycles. The topological polar surface area (TPSA) is 66.6 Å². The number of carbonyl (C=O) groups excluding carboxylic acids is 1. The average Bonchev–Trinajstić information content (AvgIpc) is 2.38. The molecule has 5 heteroatoms. The van der Waals surface area contributed by atoms with Crippen LogP contribution in [0, 0.1) is 5.92 Å². The SMILES string of the molecule is C[C@H](O)c1ccc(N2CCC(C(N)=O)CC2)cc1Br. The minimum Gasteiger partial charge on any atom is -0.389 e. The summed E-state index contributed by atoms with van der Waals surface area (Å²) in [6, 6.07) is 5.97. The second-order valence-electron chi connectivity index (χ2n) is 5.05. The summed E-state index contributed by atoms with van der Waals surface area (Å²) >= 11 is 3.49. The van der Waals surface area contributed by atoms with Crippen molar-refractivity contribution in [1.29, 1.82) is 0 Å². The van der Waals surface area contributed by atoms with E-state index in [4.69, 9.17) is 5.73 Å². The average molecular weight is 327 g/mol. The first-order chi connectivity index (χ1) is 8.99. The Kier molecular flexibility index (Phi) is 4.47. The van der Waals surface area contributed by atoms with Crippen LogP contribution >= 0.6 is 15.9 Å². The third-order valence-electron chi connectivity index (χ3n) is 3.70. The number of amides is 1. The molecule has 0 aromatic heterocycles. The minimum absolute atomic E-state index is 0.0106. The highest BCUT2D eigenvalue weighted by Crippen LogP contribution is 2.30. The Morgan fingerprint density at radius 2 is 2.11 bits per heavy atom. The number of hydrogen-bond acceptors (Lipinski definition) is 3. The van der Waals surface area contributed by atoms with Crippen LogP contribution in [0.25, 0.3) is 0 Å². The maximum atomic E-state index is 11.1. The van der Waals surface area contributed by atoms with Crippen molar-refractivity contribution in [3.05, 3.63) is 28.2 Å². The Labute approximate surface area is 121 Å². The standard InChI is InChI=1S/C14H19BrN2O2/c1-9(18)12-3-2-11(8-13(12)15)17-6-4-10(5-7-17)14(16)19/h2-3,8-10,18H,4-7H2,1H3,(H2,16,19)/t9-/m0/s1. The highest BCUT2D eigenvalue weighted by Gasteiger charge is 2.23. The fourth-order valence-corrected chi connectivity index (χ4v) is 3.17. The molecule has 0 radical (unpaired) electrons. The second kappa shape index (κ2) is 5.92. The van der Waals surface area contributed by atoms with Crippen LogP contribution in [0.1, 0.15) is 31.4 Å². The lowest BCUT2D eigenvalue weighted by molar-refractivity contribution is -0.122. The van der Waals surface area contributed by atoms with Gasteiger partial charge in [0.2, 0.25) is 5.91 Å². The van der Waals surface area contributed by atoms with Crippen molar-refractivity contribution in [1.82, 2.24) is 0 Å². The van der Waals surface area contributed by atoms with Crippen molar-refractivity contribution in [2.75, 3.05) is 18.0 Å². The molecular formula is C14H19BrN2O2. The highest BCUT2D eigenvalue weighted by molar-refractivity contribution is 9.10. The minimum atomic E-state index is -0.482. The zero-order valence-electron chi connectivity index (χ0n) is 11.0. The Hall–Kier alpha value is -1.07. The summed E-state index contributed by atoms with van der Waals surface area (Å²) in [5.74, 6) is -0.179. The van der Waals surface area contributed by atoms with E-state index < -0.39 is 6.10 Å². The maximum Gasteiger partial charge on any atom is 0.220 e. The molecule has 0 unspecified atom stereocenters. The summed E-state index contributed by atoms with van der Waals surface area (Å²) in [4.78, 5) is 13.4. The quantitative estimate of drug-likeness (QED) is 0.894. The van der Waals surface area contributed by atoms with Gasteiger partial charge in [-0.2, -0.15) is 0 Å². The molecule has 1 saturated heterocycles. The second-order valence-corrected chi connectivity index (χ2v) is 5.90. The Morgan fingerprint density at radius 1 is 1.47 bits per heavy atom. The van der Waals surface area contributed by atoms with Gasteiger partial charge < -0.3 is 15.7 Å². The van der Waals surface area contributed by atoms with Gasteiger partial charge in [0.25, 0.3) is 0 Å². The van der Waals surface area contributed by atoms with Gasteiger partial charge in [-0.3, -0.25) is 4.79 Å². The van der Waals surface area contributed by atoms with Crippen molar-refractivity contribution >= 4 is 27.5 Å². The number of hydrogen-bond donors (Lipinski definition) is 2. The molecule has 2 rings (SSSR count). The lowest BCUT2D eigenvalue weighted by Gasteiger charge is -2.32. The number of halogens is 1. The van der Waals surface area contributed by atoms with E-state index in [-0.39, 0.29) is 11.8 Å². The molecule has 1 amide bonds. The van der Waals surface area contributed by atoms with Crippen LogP contribution in [0.15, 0.2) is 22.7 Å². The predicted molar refractivity (Wildman–Crippen MR) is 78.9 cm³/mol. The monoisotopic (exact) mass is 326 g/mol. The molecule has 4 nitrogen and oxygen atoms in total. The molecule has 1 atom stereocenters. The number of primary amides is 1. The van der Waals surface area contributed by atoms with Crippen LogP contribution in [0.3, 0.4) is 0 Å². The van der Waals surface area contributed by atoms with Gasteiger partial charge in [0.05, 0.1) is 6.10 Å². The van der Waals surface area contributed by atoms with E-state index in [2.05, 4.69) is 20.8 Å². The number of nitrogens with zero attached hydrogens (tertiary/aromatic N) is 1. The normalized spacial score (nSPS) is 18.4. The molecule has 1 aromatic rings. The van der Waals surface area contributed by atoms with E-state index in [1.807, 2.05) is 18.2 Å².